The summed E-state index contributed by atoms with van der Waals surface area (Å²) < 4.78 is 5.95. The van der Waals surface area contributed by atoms with Gasteiger partial charge in [0.15, 0.2) is 5.96 Å². The Balaban J connectivity index is 0.00000420. The van der Waals surface area contributed by atoms with E-state index in [-0.39, 0.29) is 36.0 Å². The summed E-state index contributed by atoms with van der Waals surface area (Å²) in [5, 5.41) is 9.26. The van der Waals surface area contributed by atoms with E-state index in [0.29, 0.717) is 31.2 Å². The molecule has 1 amide bonds. The summed E-state index contributed by atoms with van der Waals surface area (Å²) in [5.41, 5.74) is 1.65. The number of carbonyl (C=O) groups excluding carboxylic acids is 1. The van der Waals surface area contributed by atoms with Gasteiger partial charge < -0.3 is 20.7 Å². The summed E-state index contributed by atoms with van der Waals surface area (Å²) in [6, 6.07) is 11.4. The van der Waals surface area contributed by atoms with Gasteiger partial charge in [-0.25, -0.2) is 4.99 Å². The summed E-state index contributed by atoms with van der Waals surface area (Å²) in [6.07, 6.45) is 3.13. The van der Waals surface area contributed by atoms with E-state index in [9.17, 15) is 4.79 Å². The molecule has 2 rings (SSSR count). The van der Waals surface area contributed by atoms with Crippen LogP contribution in [0.15, 0.2) is 53.8 Å². The smallest absolute Gasteiger partial charge is 0.252 e. The van der Waals surface area contributed by atoms with Gasteiger partial charge in [-0.15, -0.1) is 24.0 Å². The number of amides is 1. The molecule has 1 unspecified atom stereocenters. The molecule has 1 atom stereocenters. The fourth-order valence-electron chi connectivity index (χ4n) is 2.46. The summed E-state index contributed by atoms with van der Waals surface area (Å²) in [6.45, 7) is 8.34. The maximum Gasteiger partial charge on any atom is 0.252 e. The topological polar surface area (TPSA) is 87.6 Å². The largest absolute Gasteiger partial charge is 0.489 e. The molecule has 1 aromatic heterocycles. The SMILES string of the molecule is CCNC(=NCC(C)Oc1ccccc1C)NCCNC(=O)c1cccnc1.I. The highest BCUT2D eigenvalue weighted by molar-refractivity contribution is 14.0. The standard InChI is InChI=1S/C21H29N5O2.HI/c1-4-23-21(25-13-12-24-20(27)18-9-7-11-22-15-18)26-14-17(3)28-19-10-6-5-8-16(19)2;/h5-11,15,17H,4,12-14H2,1-3H3,(H,24,27)(H2,23,25,26);1H. The lowest BCUT2D eigenvalue weighted by Gasteiger charge is -2.16. The van der Waals surface area contributed by atoms with Crippen LogP contribution in [0, 0.1) is 6.92 Å². The van der Waals surface area contributed by atoms with Crippen molar-refractivity contribution in [1.82, 2.24) is 20.9 Å². The first-order valence-corrected chi connectivity index (χ1v) is 9.52. The van der Waals surface area contributed by atoms with E-state index >= 15 is 0 Å². The van der Waals surface area contributed by atoms with Gasteiger partial charge in [-0.2, -0.15) is 0 Å². The fourth-order valence-corrected chi connectivity index (χ4v) is 2.46. The number of nitrogens with one attached hydrogen (secondary N) is 3. The average molecular weight is 511 g/mol. The van der Waals surface area contributed by atoms with Gasteiger partial charge in [0.2, 0.25) is 0 Å². The van der Waals surface area contributed by atoms with E-state index in [2.05, 4.69) is 25.9 Å². The molecule has 0 saturated heterocycles. The summed E-state index contributed by atoms with van der Waals surface area (Å²) in [7, 11) is 0. The number of pyridine rings is 1. The number of benzene rings is 1. The predicted molar refractivity (Wildman–Crippen MR) is 127 cm³/mol. The van der Waals surface area contributed by atoms with E-state index < -0.39 is 0 Å². The zero-order valence-corrected chi connectivity index (χ0v) is 19.5. The minimum atomic E-state index is -0.142. The molecule has 0 spiro atoms. The molecule has 158 valence electrons. The minimum Gasteiger partial charge on any atom is -0.489 e. The lowest BCUT2D eigenvalue weighted by molar-refractivity contribution is 0.0954. The second-order valence-electron chi connectivity index (χ2n) is 6.34. The number of guanidine groups is 1. The number of carbonyl (C=O) groups is 1. The quantitative estimate of drug-likeness (QED) is 0.209. The number of halogens is 1. The molecule has 0 saturated carbocycles. The zero-order chi connectivity index (χ0) is 20.2. The van der Waals surface area contributed by atoms with E-state index in [4.69, 9.17) is 4.74 Å². The number of rotatable bonds is 9. The van der Waals surface area contributed by atoms with Gasteiger partial charge in [0.1, 0.15) is 11.9 Å². The van der Waals surface area contributed by atoms with Crippen molar-refractivity contribution in [1.29, 1.82) is 0 Å². The van der Waals surface area contributed by atoms with Crippen LogP contribution in [0.3, 0.4) is 0 Å². The summed E-state index contributed by atoms with van der Waals surface area (Å²) in [4.78, 5) is 20.5. The molecule has 29 heavy (non-hydrogen) atoms. The first-order valence-electron chi connectivity index (χ1n) is 9.52. The Labute approximate surface area is 189 Å². The van der Waals surface area contributed by atoms with E-state index in [1.54, 1.807) is 24.5 Å². The van der Waals surface area contributed by atoms with Gasteiger partial charge in [0, 0.05) is 32.0 Å². The van der Waals surface area contributed by atoms with Crippen molar-refractivity contribution in [3.8, 4) is 5.75 Å². The molecule has 0 aliphatic heterocycles. The van der Waals surface area contributed by atoms with Crippen molar-refractivity contribution < 1.29 is 9.53 Å². The third kappa shape index (κ3) is 9.12. The number of hydrogen-bond donors (Lipinski definition) is 3. The molecule has 1 heterocycles. The number of aryl methyl sites for hydroxylation is 1. The molecule has 0 aliphatic rings. The number of nitrogens with zero attached hydrogens (tertiary/aromatic N) is 2. The first kappa shape index (κ1) is 24.7. The van der Waals surface area contributed by atoms with Crippen molar-refractivity contribution in [2.75, 3.05) is 26.2 Å². The highest BCUT2D eigenvalue weighted by Gasteiger charge is 2.07. The fraction of sp³-hybridized carbons (Fsp3) is 0.381. The molecular formula is C21H30IN5O2. The van der Waals surface area contributed by atoms with Gasteiger partial charge >= 0.3 is 0 Å². The van der Waals surface area contributed by atoms with Crippen LogP contribution in [0.4, 0.5) is 0 Å². The highest BCUT2D eigenvalue weighted by atomic mass is 127. The lowest BCUT2D eigenvalue weighted by atomic mass is 10.2. The van der Waals surface area contributed by atoms with E-state index in [0.717, 1.165) is 17.9 Å². The Morgan fingerprint density at radius 2 is 1.90 bits per heavy atom. The molecule has 0 bridgehead atoms. The molecule has 0 aliphatic carbocycles. The van der Waals surface area contributed by atoms with Crippen LogP contribution in [0.25, 0.3) is 0 Å². The predicted octanol–water partition coefficient (Wildman–Crippen LogP) is 2.76. The van der Waals surface area contributed by atoms with E-state index in [1.807, 2.05) is 45.0 Å². The van der Waals surface area contributed by atoms with Crippen LogP contribution < -0.4 is 20.7 Å². The minimum absolute atomic E-state index is 0. The average Bonchev–Trinajstić information content (AvgIpc) is 2.71. The van der Waals surface area contributed by atoms with Crippen LogP contribution in [0.2, 0.25) is 0 Å². The summed E-state index contributed by atoms with van der Waals surface area (Å²) >= 11 is 0. The molecule has 0 radical (unpaired) electrons. The Morgan fingerprint density at radius 3 is 2.59 bits per heavy atom. The second kappa shape index (κ2) is 13.8. The molecule has 2 aromatic rings. The Kier molecular flexibility index (Phi) is 11.7. The highest BCUT2D eigenvalue weighted by Crippen LogP contribution is 2.17. The third-order valence-electron chi connectivity index (χ3n) is 3.90. The number of hydrogen-bond acceptors (Lipinski definition) is 4. The Morgan fingerprint density at radius 1 is 1.14 bits per heavy atom. The van der Waals surface area contributed by atoms with Gasteiger partial charge in [-0.3, -0.25) is 9.78 Å². The van der Waals surface area contributed by atoms with Crippen molar-refractivity contribution in [2.45, 2.75) is 26.9 Å². The molecule has 7 nitrogen and oxygen atoms in total. The van der Waals surface area contributed by atoms with Crippen LogP contribution in [0.5, 0.6) is 5.75 Å². The van der Waals surface area contributed by atoms with Crippen molar-refractivity contribution in [3.63, 3.8) is 0 Å². The number of para-hydroxylation sites is 1. The molecular weight excluding hydrogens is 481 g/mol. The van der Waals surface area contributed by atoms with Crippen LogP contribution >= 0.6 is 24.0 Å². The van der Waals surface area contributed by atoms with Crippen molar-refractivity contribution >= 4 is 35.8 Å². The van der Waals surface area contributed by atoms with E-state index in [1.165, 1.54) is 0 Å². The van der Waals surface area contributed by atoms with Crippen LogP contribution in [0.1, 0.15) is 29.8 Å². The normalized spacial score (nSPS) is 11.8. The Bertz CT molecular complexity index is 771. The lowest BCUT2D eigenvalue weighted by Crippen LogP contribution is -2.42. The Hall–Kier alpha value is -2.36. The van der Waals surface area contributed by atoms with Crippen LogP contribution in [-0.2, 0) is 0 Å². The molecule has 3 N–H and O–H groups in total. The van der Waals surface area contributed by atoms with Gasteiger partial charge in [0.25, 0.3) is 5.91 Å². The van der Waals surface area contributed by atoms with Crippen molar-refractivity contribution in [3.05, 3.63) is 59.9 Å². The second-order valence-corrected chi connectivity index (χ2v) is 6.34. The van der Waals surface area contributed by atoms with Gasteiger partial charge in [-0.1, -0.05) is 18.2 Å². The summed E-state index contributed by atoms with van der Waals surface area (Å²) in [5.74, 6) is 1.43. The monoisotopic (exact) mass is 511 g/mol. The number of aliphatic imine (C=N–C) groups is 1. The van der Waals surface area contributed by atoms with Gasteiger partial charge in [0.05, 0.1) is 12.1 Å². The maximum atomic E-state index is 12.0. The van der Waals surface area contributed by atoms with Gasteiger partial charge in [-0.05, 0) is 44.5 Å². The zero-order valence-electron chi connectivity index (χ0n) is 17.1. The third-order valence-corrected chi connectivity index (χ3v) is 3.90. The first-order chi connectivity index (χ1) is 13.6. The molecule has 8 heteroatoms. The number of ether oxygens (including phenoxy) is 1. The van der Waals surface area contributed by atoms with Crippen LogP contribution in [-0.4, -0.2) is 49.1 Å². The number of aromatic nitrogens is 1. The van der Waals surface area contributed by atoms with Crippen molar-refractivity contribution in [2.24, 2.45) is 4.99 Å². The molecule has 1 aromatic carbocycles. The maximum absolute atomic E-state index is 12.0. The molecule has 0 fully saturated rings.